The van der Waals surface area contributed by atoms with Crippen LogP contribution in [0.4, 0.5) is 4.79 Å². The van der Waals surface area contributed by atoms with Crippen molar-refractivity contribution < 1.29 is 19.2 Å². The Bertz CT molecular complexity index is 540. The molecule has 2 amide bonds. The van der Waals surface area contributed by atoms with Crippen molar-refractivity contribution in [3.05, 3.63) is 34.9 Å². The van der Waals surface area contributed by atoms with Crippen molar-refractivity contribution in [2.24, 2.45) is 0 Å². The highest BCUT2D eigenvalue weighted by Crippen LogP contribution is 2.20. The molecule has 0 unspecified atom stereocenters. The molecule has 1 N–H and O–H groups in total. The van der Waals surface area contributed by atoms with Crippen molar-refractivity contribution in [2.75, 3.05) is 20.7 Å². The van der Waals surface area contributed by atoms with E-state index < -0.39 is 17.6 Å². The molecule has 1 aromatic rings. The van der Waals surface area contributed by atoms with E-state index >= 15 is 0 Å². The van der Waals surface area contributed by atoms with Gasteiger partial charge in [0, 0.05) is 18.6 Å². The minimum absolute atomic E-state index is 0.0864. The van der Waals surface area contributed by atoms with Crippen LogP contribution in [0, 0.1) is 0 Å². The fourth-order valence-electron chi connectivity index (χ4n) is 1.85. The van der Waals surface area contributed by atoms with Gasteiger partial charge in [-0.25, -0.2) is 9.86 Å². The number of amides is 2. The molecule has 0 aliphatic heterocycles. The first-order chi connectivity index (χ1) is 10.6. The number of hydrogen-bond donors (Lipinski definition) is 1. The highest BCUT2D eigenvalue weighted by molar-refractivity contribution is 6.30. The average molecular weight is 343 g/mol. The highest BCUT2D eigenvalue weighted by atomic mass is 35.5. The second-order valence-corrected chi connectivity index (χ2v) is 6.44. The smallest absolute Gasteiger partial charge is 0.407 e. The van der Waals surface area contributed by atoms with Gasteiger partial charge >= 0.3 is 6.09 Å². The molecule has 7 heteroatoms. The van der Waals surface area contributed by atoms with E-state index in [1.807, 2.05) is 0 Å². The van der Waals surface area contributed by atoms with Crippen molar-refractivity contribution in [3.8, 4) is 0 Å². The van der Waals surface area contributed by atoms with E-state index in [4.69, 9.17) is 21.2 Å². The van der Waals surface area contributed by atoms with Crippen LogP contribution in [0.1, 0.15) is 32.3 Å². The number of hydroxylamine groups is 2. The monoisotopic (exact) mass is 342 g/mol. The number of hydrogen-bond acceptors (Lipinski definition) is 4. The Hall–Kier alpha value is -1.79. The molecule has 23 heavy (non-hydrogen) atoms. The number of nitrogens with one attached hydrogen (secondary N) is 1. The fraction of sp³-hybridized carbons (Fsp3) is 0.500. The minimum Gasteiger partial charge on any atom is -0.444 e. The lowest BCUT2D eigenvalue weighted by Gasteiger charge is -2.24. The van der Waals surface area contributed by atoms with Gasteiger partial charge in [0.2, 0.25) is 0 Å². The van der Waals surface area contributed by atoms with Gasteiger partial charge in [0.05, 0.1) is 13.0 Å². The van der Waals surface area contributed by atoms with Crippen molar-refractivity contribution in [1.82, 2.24) is 10.4 Å². The summed E-state index contributed by atoms with van der Waals surface area (Å²) in [6.07, 6.45) is -0.579. The second-order valence-electron chi connectivity index (χ2n) is 6.01. The first-order valence-electron chi connectivity index (χ1n) is 7.18. The normalized spacial score (nSPS) is 12.4. The molecule has 0 aliphatic carbocycles. The van der Waals surface area contributed by atoms with Crippen LogP contribution in [-0.2, 0) is 14.4 Å². The van der Waals surface area contributed by atoms with Crippen LogP contribution in [0.2, 0.25) is 5.02 Å². The molecule has 0 aromatic heterocycles. The zero-order chi connectivity index (χ0) is 17.6. The molecule has 0 radical (unpaired) electrons. The molecule has 1 atom stereocenters. The zero-order valence-corrected chi connectivity index (χ0v) is 14.8. The molecular weight excluding hydrogens is 320 g/mol. The van der Waals surface area contributed by atoms with Crippen LogP contribution < -0.4 is 5.32 Å². The van der Waals surface area contributed by atoms with Gasteiger partial charge in [-0.15, -0.1) is 0 Å². The molecule has 6 nitrogen and oxygen atoms in total. The van der Waals surface area contributed by atoms with Gasteiger partial charge in [0.25, 0.3) is 5.91 Å². The van der Waals surface area contributed by atoms with E-state index in [1.165, 1.54) is 14.2 Å². The van der Waals surface area contributed by atoms with Crippen molar-refractivity contribution in [2.45, 2.75) is 32.3 Å². The summed E-state index contributed by atoms with van der Waals surface area (Å²) in [6, 6.07) is 6.87. The number of rotatable bonds is 5. The Balaban J connectivity index is 2.86. The molecule has 1 aromatic carbocycles. The first kappa shape index (κ1) is 19.3. The lowest BCUT2D eigenvalue weighted by Crippen LogP contribution is -2.40. The standard InChI is InChI=1S/C16H23ClN2O4/c1-16(2,3)23-15(21)18-10-13(14(20)19(4)22-5)11-6-8-12(17)9-7-11/h6-9,13H,10H2,1-5H3,(H,18,21)/t13-/m1/s1. The van der Waals surface area contributed by atoms with Gasteiger partial charge in [-0.3, -0.25) is 9.63 Å². The molecule has 128 valence electrons. The largest absolute Gasteiger partial charge is 0.444 e. The molecular formula is C16H23ClN2O4. The maximum Gasteiger partial charge on any atom is 0.407 e. The summed E-state index contributed by atoms with van der Waals surface area (Å²) in [5.74, 6) is -0.893. The van der Waals surface area contributed by atoms with E-state index in [2.05, 4.69) is 5.32 Å². The Morgan fingerprint density at radius 1 is 1.26 bits per heavy atom. The zero-order valence-electron chi connectivity index (χ0n) is 14.1. The predicted octanol–water partition coefficient (Wildman–Crippen LogP) is 2.97. The van der Waals surface area contributed by atoms with Gasteiger partial charge in [0.15, 0.2) is 0 Å². The van der Waals surface area contributed by atoms with Crippen molar-refractivity contribution in [3.63, 3.8) is 0 Å². The lowest BCUT2D eigenvalue weighted by molar-refractivity contribution is -0.170. The Kier molecular flexibility index (Phi) is 6.84. The van der Waals surface area contributed by atoms with Gasteiger partial charge in [-0.05, 0) is 38.5 Å². The molecule has 0 bridgehead atoms. The summed E-state index contributed by atoms with van der Waals surface area (Å²) in [5.41, 5.74) is 0.118. The quantitative estimate of drug-likeness (QED) is 0.835. The average Bonchev–Trinajstić information content (AvgIpc) is 2.46. The maximum absolute atomic E-state index is 12.4. The van der Waals surface area contributed by atoms with Crippen LogP contribution in [0.5, 0.6) is 0 Å². The van der Waals surface area contributed by atoms with Crippen LogP contribution in [0.25, 0.3) is 0 Å². The third kappa shape index (κ3) is 6.46. The lowest BCUT2D eigenvalue weighted by atomic mass is 9.98. The molecule has 1 rings (SSSR count). The van der Waals surface area contributed by atoms with Crippen LogP contribution >= 0.6 is 11.6 Å². The summed E-state index contributed by atoms with van der Waals surface area (Å²) in [7, 11) is 2.91. The number of carbonyl (C=O) groups excluding carboxylic acids is 2. The number of likely N-dealkylation sites (N-methyl/N-ethyl adjacent to an activating group) is 1. The Labute approximate surface area is 141 Å². The van der Waals surface area contributed by atoms with Crippen molar-refractivity contribution >= 4 is 23.6 Å². The maximum atomic E-state index is 12.4. The van der Waals surface area contributed by atoms with Gasteiger partial charge < -0.3 is 10.1 Å². The Morgan fingerprint density at radius 2 is 1.83 bits per heavy atom. The van der Waals surface area contributed by atoms with E-state index in [0.717, 1.165) is 10.6 Å². The fourth-order valence-corrected chi connectivity index (χ4v) is 1.98. The van der Waals surface area contributed by atoms with Crippen LogP contribution in [0.15, 0.2) is 24.3 Å². The highest BCUT2D eigenvalue weighted by Gasteiger charge is 2.26. The SMILES string of the molecule is CON(C)C(=O)[C@H](CNC(=O)OC(C)(C)C)c1ccc(Cl)cc1. The van der Waals surface area contributed by atoms with Crippen molar-refractivity contribution in [1.29, 1.82) is 0 Å². The number of ether oxygens (including phenoxy) is 1. The number of halogens is 1. The predicted molar refractivity (Wildman–Crippen MR) is 88.2 cm³/mol. The molecule has 0 aliphatic rings. The molecule has 0 heterocycles. The summed E-state index contributed by atoms with van der Waals surface area (Å²) in [4.78, 5) is 29.2. The topological polar surface area (TPSA) is 67.9 Å². The van der Waals surface area contributed by atoms with Crippen LogP contribution in [-0.4, -0.2) is 43.4 Å². The summed E-state index contributed by atoms with van der Waals surface area (Å²) < 4.78 is 5.18. The molecule has 0 saturated heterocycles. The number of carbonyl (C=O) groups is 2. The van der Waals surface area contributed by atoms with E-state index in [0.29, 0.717) is 5.02 Å². The Morgan fingerprint density at radius 3 is 2.30 bits per heavy atom. The minimum atomic E-state index is -0.607. The van der Waals surface area contributed by atoms with E-state index in [9.17, 15) is 9.59 Å². The number of benzene rings is 1. The van der Waals surface area contributed by atoms with E-state index in [1.54, 1.807) is 45.0 Å². The summed E-state index contributed by atoms with van der Waals surface area (Å²) in [5, 5.41) is 4.31. The van der Waals surface area contributed by atoms with E-state index in [-0.39, 0.29) is 12.5 Å². The third-order valence-corrected chi connectivity index (χ3v) is 3.26. The van der Waals surface area contributed by atoms with Gasteiger partial charge in [-0.2, -0.15) is 0 Å². The second kappa shape index (κ2) is 8.17. The molecule has 0 fully saturated rings. The first-order valence-corrected chi connectivity index (χ1v) is 7.56. The van der Waals surface area contributed by atoms with Gasteiger partial charge in [-0.1, -0.05) is 23.7 Å². The molecule has 0 saturated carbocycles. The van der Waals surface area contributed by atoms with Gasteiger partial charge in [0.1, 0.15) is 5.60 Å². The molecule has 0 spiro atoms. The third-order valence-electron chi connectivity index (χ3n) is 3.00. The number of alkyl carbamates (subject to hydrolysis) is 1. The summed E-state index contributed by atoms with van der Waals surface area (Å²) >= 11 is 5.88. The van der Waals surface area contributed by atoms with Crippen LogP contribution in [0.3, 0.4) is 0 Å². The summed E-state index contributed by atoms with van der Waals surface area (Å²) in [6.45, 7) is 5.40. The number of nitrogens with zero attached hydrogens (tertiary/aromatic N) is 1.